The molecule has 1 heterocycles. The minimum absolute atomic E-state index is 0. The number of halogens is 1. The Kier molecular flexibility index (Phi) is 4.85. The lowest BCUT2D eigenvalue weighted by molar-refractivity contribution is -0.123. The second-order valence-electron chi connectivity index (χ2n) is 5.61. The minimum atomic E-state index is 0. The van der Waals surface area contributed by atoms with Gasteiger partial charge in [-0.2, -0.15) is 0 Å². The van der Waals surface area contributed by atoms with Crippen LogP contribution in [0.2, 0.25) is 0 Å². The predicted octanol–water partition coefficient (Wildman–Crippen LogP) is 2.53. The molecule has 0 bridgehead atoms. The highest BCUT2D eigenvalue weighted by atomic mass is 35.5. The molecule has 3 rings (SSSR count). The fourth-order valence-corrected chi connectivity index (χ4v) is 2.75. The Balaban J connectivity index is 0.00000133. The zero-order valence-electron chi connectivity index (χ0n) is 11.3. The topological polar surface area (TPSA) is 30.5 Å². The lowest BCUT2D eigenvalue weighted by atomic mass is 9.74. The molecule has 3 nitrogen and oxygen atoms in total. The van der Waals surface area contributed by atoms with Crippen LogP contribution in [0.5, 0.6) is 0 Å². The van der Waals surface area contributed by atoms with Gasteiger partial charge in [0.25, 0.3) is 0 Å². The van der Waals surface area contributed by atoms with Gasteiger partial charge in [-0.05, 0) is 25.3 Å². The predicted molar refractivity (Wildman–Crippen MR) is 77.6 cm³/mol. The van der Waals surface area contributed by atoms with Crippen LogP contribution in [0.1, 0.15) is 25.3 Å². The third kappa shape index (κ3) is 3.48. The Bertz CT molecular complexity index is 382. The van der Waals surface area contributed by atoms with Crippen molar-refractivity contribution in [2.24, 2.45) is 0 Å². The Morgan fingerprint density at radius 3 is 2.68 bits per heavy atom. The molecular formula is C15H22ClNO2. The van der Waals surface area contributed by atoms with E-state index in [4.69, 9.17) is 9.47 Å². The maximum Gasteiger partial charge on any atom is 0.0720 e. The SMILES string of the molecule is C[C@@H]1CNC2(CO1)CC(OCc1ccccc1)C2.Cl. The van der Waals surface area contributed by atoms with Gasteiger partial charge in [-0.15, -0.1) is 12.4 Å². The quantitative estimate of drug-likeness (QED) is 0.925. The average molecular weight is 284 g/mol. The van der Waals surface area contributed by atoms with E-state index in [1.54, 1.807) is 0 Å². The molecular weight excluding hydrogens is 262 g/mol. The van der Waals surface area contributed by atoms with Crippen molar-refractivity contribution in [1.29, 1.82) is 0 Å². The van der Waals surface area contributed by atoms with Crippen LogP contribution in [0.25, 0.3) is 0 Å². The van der Waals surface area contributed by atoms with Gasteiger partial charge in [-0.3, -0.25) is 0 Å². The summed E-state index contributed by atoms with van der Waals surface area (Å²) in [6.07, 6.45) is 2.88. The number of rotatable bonds is 3. The first-order valence-electron chi connectivity index (χ1n) is 6.78. The Hall–Kier alpha value is -0.610. The van der Waals surface area contributed by atoms with Gasteiger partial charge >= 0.3 is 0 Å². The normalized spacial score (nSPS) is 33.5. The summed E-state index contributed by atoms with van der Waals surface area (Å²) in [5.74, 6) is 0. The van der Waals surface area contributed by atoms with Crippen LogP contribution in [0, 0.1) is 0 Å². The van der Waals surface area contributed by atoms with Crippen LogP contribution >= 0.6 is 12.4 Å². The van der Waals surface area contributed by atoms with Crippen molar-refractivity contribution >= 4 is 12.4 Å². The molecule has 1 spiro atoms. The number of morpholine rings is 1. The molecule has 106 valence electrons. The summed E-state index contributed by atoms with van der Waals surface area (Å²) in [4.78, 5) is 0. The van der Waals surface area contributed by atoms with E-state index < -0.39 is 0 Å². The van der Waals surface area contributed by atoms with E-state index in [9.17, 15) is 0 Å². The summed E-state index contributed by atoms with van der Waals surface area (Å²) in [5.41, 5.74) is 1.45. The molecule has 1 aliphatic carbocycles. The summed E-state index contributed by atoms with van der Waals surface area (Å²) >= 11 is 0. The lowest BCUT2D eigenvalue weighted by Gasteiger charge is -2.51. The first kappa shape index (κ1) is 14.8. The number of ether oxygens (including phenoxy) is 2. The van der Waals surface area contributed by atoms with Gasteiger partial charge in [0.05, 0.1) is 25.4 Å². The van der Waals surface area contributed by atoms with Crippen LogP contribution in [-0.4, -0.2) is 30.9 Å². The minimum Gasteiger partial charge on any atom is -0.375 e. The molecule has 2 fully saturated rings. The molecule has 1 aromatic carbocycles. The largest absolute Gasteiger partial charge is 0.375 e. The van der Waals surface area contributed by atoms with E-state index in [0.29, 0.717) is 12.2 Å². The van der Waals surface area contributed by atoms with Crippen LogP contribution < -0.4 is 5.32 Å². The third-order valence-corrected chi connectivity index (χ3v) is 3.97. The summed E-state index contributed by atoms with van der Waals surface area (Å²) in [6.45, 7) is 4.63. The average Bonchev–Trinajstić information content (AvgIpc) is 2.37. The molecule has 0 radical (unpaired) electrons. The molecule has 4 heteroatoms. The summed E-state index contributed by atoms with van der Waals surface area (Å²) < 4.78 is 11.7. The van der Waals surface area contributed by atoms with Gasteiger partial charge in [0.15, 0.2) is 0 Å². The van der Waals surface area contributed by atoms with Gasteiger partial charge in [-0.1, -0.05) is 30.3 Å². The molecule has 1 atom stereocenters. The van der Waals surface area contributed by atoms with E-state index in [1.807, 2.05) is 6.07 Å². The second-order valence-corrected chi connectivity index (χ2v) is 5.61. The molecule has 0 unspecified atom stereocenters. The van der Waals surface area contributed by atoms with Crippen molar-refractivity contribution in [3.63, 3.8) is 0 Å². The maximum atomic E-state index is 5.92. The monoisotopic (exact) mass is 283 g/mol. The molecule has 1 aliphatic heterocycles. The van der Waals surface area contributed by atoms with E-state index in [0.717, 1.165) is 32.6 Å². The van der Waals surface area contributed by atoms with E-state index in [-0.39, 0.29) is 17.9 Å². The van der Waals surface area contributed by atoms with Crippen LogP contribution in [0.4, 0.5) is 0 Å². The molecule has 1 N–H and O–H groups in total. The zero-order valence-corrected chi connectivity index (χ0v) is 12.1. The van der Waals surface area contributed by atoms with Gasteiger partial charge in [0.2, 0.25) is 0 Å². The molecule has 1 aromatic rings. The van der Waals surface area contributed by atoms with Crippen molar-refractivity contribution in [3.8, 4) is 0 Å². The van der Waals surface area contributed by atoms with Gasteiger partial charge in [-0.25, -0.2) is 0 Å². The van der Waals surface area contributed by atoms with Crippen molar-refractivity contribution in [2.75, 3.05) is 13.2 Å². The molecule has 0 aromatic heterocycles. The summed E-state index contributed by atoms with van der Waals surface area (Å²) in [5, 5.41) is 3.60. The van der Waals surface area contributed by atoms with E-state index >= 15 is 0 Å². The van der Waals surface area contributed by atoms with E-state index in [2.05, 4.69) is 36.5 Å². The number of nitrogens with one attached hydrogen (secondary N) is 1. The van der Waals surface area contributed by atoms with Crippen molar-refractivity contribution in [3.05, 3.63) is 35.9 Å². The summed E-state index contributed by atoms with van der Waals surface area (Å²) in [7, 11) is 0. The fraction of sp³-hybridized carbons (Fsp3) is 0.600. The van der Waals surface area contributed by atoms with Gasteiger partial charge in [0.1, 0.15) is 0 Å². The van der Waals surface area contributed by atoms with Crippen LogP contribution in [-0.2, 0) is 16.1 Å². The smallest absolute Gasteiger partial charge is 0.0720 e. The Morgan fingerprint density at radius 1 is 1.32 bits per heavy atom. The van der Waals surface area contributed by atoms with Crippen molar-refractivity contribution in [2.45, 2.75) is 44.1 Å². The first-order valence-corrected chi connectivity index (χ1v) is 6.78. The second kappa shape index (κ2) is 6.23. The molecule has 0 amide bonds. The van der Waals surface area contributed by atoms with Crippen molar-refractivity contribution in [1.82, 2.24) is 5.32 Å². The van der Waals surface area contributed by atoms with Gasteiger partial charge in [0, 0.05) is 12.1 Å². The van der Waals surface area contributed by atoms with Crippen LogP contribution in [0.15, 0.2) is 30.3 Å². The Morgan fingerprint density at radius 2 is 2.05 bits per heavy atom. The zero-order chi connectivity index (χ0) is 12.4. The first-order chi connectivity index (χ1) is 8.76. The number of benzene rings is 1. The van der Waals surface area contributed by atoms with Crippen LogP contribution in [0.3, 0.4) is 0 Å². The molecule has 1 saturated carbocycles. The van der Waals surface area contributed by atoms with E-state index in [1.165, 1.54) is 5.56 Å². The molecule has 2 aliphatic rings. The third-order valence-electron chi connectivity index (χ3n) is 3.97. The fourth-order valence-electron chi connectivity index (χ4n) is 2.75. The molecule has 1 saturated heterocycles. The summed E-state index contributed by atoms with van der Waals surface area (Å²) in [6, 6.07) is 10.4. The van der Waals surface area contributed by atoms with Crippen molar-refractivity contribution < 1.29 is 9.47 Å². The van der Waals surface area contributed by atoms with Gasteiger partial charge < -0.3 is 14.8 Å². The Labute approximate surface area is 121 Å². The number of hydrogen-bond donors (Lipinski definition) is 1. The lowest BCUT2D eigenvalue weighted by Crippen LogP contribution is -2.65. The maximum absolute atomic E-state index is 5.92. The molecule has 19 heavy (non-hydrogen) atoms. The highest BCUT2D eigenvalue weighted by Crippen LogP contribution is 2.37. The number of hydrogen-bond acceptors (Lipinski definition) is 3. The highest BCUT2D eigenvalue weighted by Gasteiger charge is 2.46. The highest BCUT2D eigenvalue weighted by molar-refractivity contribution is 5.85. The standard InChI is InChI=1S/C15H21NO2.ClH/c1-12-9-16-15(11-18-12)7-14(8-15)17-10-13-5-3-2-4-6-13;/h2-6,12,14,16H,7-11H2,1H3;1H/t12-,14?,15?;/m1./s1.